The molecule has 0 atom stereocenters. The highest BCUT2D eigenvalue weighted by atomic mass is 32.1. The summed E-state index contributed by atoms with van der Waals surface area (Å²) in [7, 11) is 0. The summed E-state index contributed by atoms with van der Waals surface area (Å²) >= 11 is 1.78. The van der Waals surface area contributed by atoms with Crippen LogP contribution in [-0.4, -0.2) is 44.4 Å². The lowest BCUT2D eigenvalue weighted by Crippen LogP contribution is -2.36. The minimum atomic E-state index is 0.742. The van der Waals surface area contributed by atoms with Crippen molar-refractivity contribution in [2.75, 3.05) is 49.3 Å². The van der Waals surface area contributed by atoms with Crippen LogP contribution in [0.1, 0.15) is 4.88 Å². The molecule has 3 heterocycles. The summed E-state index contributed by atoms with van der Waals surface area (Å²) in [6, 6.07) is 8.24. The zero-order valence-corrected chi connectivity index (χ0v) is 13.2. The second kappa shape index (κ2) is 6.14. The maximum Gasteiger partial charge on any atom is 0.185 e. The highest BCUT2D eigenvalue weighted by Crippen LogP contribution is 2.33. The van der Waals surface area contributed by atoms with E-state index in [0.29, 0.717) is 0 Å². The molecule has 2 aliphatic rings. The van der Waals surface area contributed by atoms with E-state index in [1.165, 1.54) is 10.6 Å². The summed E-state index contributed by atoms with van der Waals surface area (Å²) in [5.41, 5.74) is 1.18. The number of nitrogens with zero attached hydrogens (tertiary/aromatic N) is 3. The fraction of sp³-hybridized carbons (Fsp3) is 0.438. The van der Waals surface area contributed by atoms with Gasteiger partial charge in [-0.3, -0.25) is 0 Å². The number of fused-ring (bicyclic) bond motifs is 1. The first kappa shape index (κ1) is 13.8. The van der Waals surface area contributed by atoms with E-state index in [-0.39, 0.29) is 0 Å². The van der Waals surface area contributed by atoms with Gasteiger partial charge in [-0.05, 0) is 12.1 Å². The molecule has 0 amide bonds. The molecule has 2 aromatic rings. The predicted octanol–water partition coefficient (Wildman–Crippen LogP) is 2.38. The van der Waals surface area contributed by atoms with E-state index >= 15 is 0 Å². The molecule has 0 saturated carbocycles. The molecule has 4 rings (SSSR count). The molecule has 0 bridgehead atoms. The van der Waals surface area contributed by atoms with E-state index in [4.69, 9.17) is 9.47 Å². The van der Waals surface area contributed by atoms with E-state index in [1.54, 1.807) is 11.3 Å². The van der Waals surface area contributed by atoms with Crippen molar-refractivity contribution in [2.45, 2.75) is 6.54 Å². The van der Waals surface area contributed by atoms with Gasteiger partial charge in [-0.2, -0.15) is 0 Å². The molecule has 2 aliphatic heterocycles. The Bertz CT molecular complexity index is 640. The first-order valence-electron chi connectivity index (χ1n) is 7.64. The molecule has 0 aliphatic carbocycles. The summed E-state index contributed by atoms with van der Waals surface area (Å²) in [4.78, 5) is 10.6. The summed E-state index contributed by atoms with van der Waals surface area (Å²) < 4.78 is 11.1. The van der Waals surface area contributed by atoms with Gasteiger partial charge in [-0.25, -0.2) is 4.98 Å². The number of anilines is 2. The Labute approximate surface area is 134 Å². The van der Waals surface area contributed by atoms with Crippen molar-refractivity contribution in [1.29, 1.82) is 0 Å². The molecular formula is C16H19N3O2S. The minimum Gasteiger partial charge on any atom is -0.490 e. The molecule has 0 radical (unpaired) electrons. The zero-order chi connectivity index (χ0) is 14.8. The number of morpholine rings is 1. The van der Waals surface area contributed by atoms with Gasteiger partial charge < -0.3 is 19.3 Å². The largest absolute Gasteiger partial charge is 0.490 e. The monoisotopic (exact) mass is 317 g/mol. The second-order valence-corrected chi connectivity index (χ2v) is 6.54. The molecule has 6 heteroatoms. The zero-order valence-electron chi connectivity index (χ0n) is 12.4. The van der Waals surface area contributed by atoms with Crippen LogP contribution in [0.15, 0.2) is 30.5 Å². The summed E-state index contributed by atoms with van der Waals surface area (Å²) in [5, 5.41) is 1.11. The van der Waals surface area contributed by atoms with Crippen molar-refractivity contribution in [3.8, 4) is 5.75 Å². The van der Waals surface area contributed by atoms with Crippen LogP contribution in [0.25, 0.3) is 0 Å². The van der Waals surface area contributed by atoms with Crippen molar-refractivity contribution < 1.29 is 9.47 Å². The second-order valence-electron chi connectivity index (χ2n) is 5.45. The minimum absolute atomic E-state index is 0.742. The van der Waals surface area contributed by atoms with Crippen LogP contribution < -0.4 is 14.5 Å². The molecule has 1 aromatic heterocycles. The highest BCUT2D eigenvalue weighted by Gasteiger charge is 2.20. The molecule has 22 heavy (non-hydrogen) atoms. The van der Waals surface area contributed by atoms with Gasteiger partial charge in [0, 0.05) is 24.2 Å². The molecule has 1 fully saturated rings. The Morgan fingerprint density at radius 3 is 2.86 bits per heavy atom. The SMILES string of the molecule is c1ccc2c(c1)OCCN2Cc1cnc(N2CCOCC2)s1. The van der Waals surface area contributed by atoms with Crippen LogP contribution in [0, 0.1) is 0 Å². The summed E-state index contributed by atoms with van der Waals surface area (Å²) in [6.45, 7) is 6.02. The number of thiazole rings is 1. The number of rotatable bonds is 3. The van der Waals surface area contributed by atoms with Crippen LogP contribution in [0.5, 0.6) is 5.75 Å². The molecule has 116 valence electrons. The van der Waals surface area contributed by atoms with Crippen molar-refractivity contribution in [1.82, 2.24) is 4.98 Å². The number of hydrogen-bond acceptors (Lipinski definition) is 6. The molecule has 0 N–H and O–H groups in total. The molecule has 1 aromatic carbocycles. The Balaban J connectivity index is 1.49. The molecule has 0 spiro atoms. The van der Waals surface area contributed by atoms with Gasteiger partial charge in [-0.15, -0.1) is 11.3 Å². The van der Waals surface area contributed by atoms with Gasteiger partial charge in [0.2, 0.25) is 0 Å². The van der Waals surface area contributed by atoms with E-state index in [1.807, 2.05) is 18.3 Å². The predicted molar refractivity (Wildman–Crippen MR) is 88.1 cm³/mol. The number of hydrogen-bond donors (Lipinski definition) is 0. The third kappa shape index (κ3) is 2.76. The third-order valence-electron chi connectivity index (χ3n) is 3.99. The van der Waals surface area contributed by atoms with E-state index < -0.39 is 0 Å². The summed E-state index contributed by atoms with van der Waals surface area (Å²) in [6.07, 6.45) is 2.01. The molecule has 5 nitrogen and oxygen atoms in total. The Morgan fingerprint density at radius 1 is 1.09 bits per heavy atom. The standard InChI is InChI=1S/C16H19N3O2S/c1-2-4-15-14(3-1)19(7-10-21-15)12-13-11-17-16(22-13)18-5-8-20-9-6-18/h1-4,11H,5-10,12H2. The van der Waals surface area contributed by atoms with Gasteiger partial charge in [0.05, 0.1) is 32.0 Å². The highest BCUT2D eigenvalue weighted by molar-refractivity contribution is 7.15. The molecule has 1 saturated heterocycles. The Kier molecular flexibility index (Phi) is 3.86. The van der Waals surface area contributed by atoms with Gasteiger partial charge in [0.1, 0.15) is 12.4 Å². The van der Waals surface area contributed by atoms with Crippen LogP contribution in [0.3, 0.4) is 0 Å². The quantitative estimate of drug-likeness (QED) is 0.869. The first-order valence-corrected chi connectivity index (χ1v) is 8.46. The lowest BCUT2D eigenvalue weighted by Gasteiger charge is -2.30. The fourth-order valence-corrected chi connectivity index (χ4v) is 3.83. The van der Waals surface area contributed by atoms with Crippen molar-refractivity contribution >= 4 is 22.2 Å². The van der Waals surface area contributed by atoms with E-state index in [0.717, 1.165) is 56.9 Å². The maximum absolute atomic E-state index is 5.72. The van der Waals surface area contributed by atoms with Crippen molar-refractivity contribution in [3.05, 3.63) is 35.3 Å². The smallest absolute Gasteiger partial charge is 0.185 e. The maximum atomic E-state index is 5.72. The first-order chi connectivity index (χ1) is 10.9. The van der Waals surface area contributed by atoms with E-state index in [2.05, 4.69) is 26.9 Å². The van der Waals surface area contributed by atoms with Gasteiger partial charge in [-0.1, -0.05) is 12.1 Å². The van der Waals surface area contributed by atoms with Crippen molar-refractivity contribution in [3.63, 3.8) is 0 Å². The van der Waals surface area contributed by atoms with Crippen molar-refractivity contribution in [2.24, 2.45) is 0 Å². The number of para-hydroxylation sites is 2. The molecular weight excluding hydrogens is 298 g/mol. The van der Waals surface area contributed by atoms with Gasteiger partial charge in [0.15, 0.2) is 5.13 Å². The van der Waals surface area contributed by atoms with Crippen LogP contribution >= 0.6 is 11.3 Å². The topological polar surface area (TPSA) is 37.8 Å². The number of benzene rings is 1. The van der Waals surface area contributed by atoms with Gasteiger partial charge in [0.25, 0.3) is 0 Å². The number of ether oxygens (including phenoxy) is 2. The number of aromatic nitrogens is 1. The molecule has 0 unspecified atom stereocenters. The average molecular weight is 317 g/mol. The normalized spacial score (nSPS) is 18.0. The lowest BCUT2D eigenvalue weighted by atomic mass is 10.2. The average Bonchev–Trinajstić information content (AvgIpc) is 3.05. The third-order valence-corrected chi connectivity index (χ3v) is 5.04. The van der Waals surface area contributed by atoms with E-state index in [9.17, 15) is 0 Å². The van der Waals surface area contributed by atoms with Crippen LogP contribution in [-0.2, 0) is 11.3 Å². The fourth-order valence-electron chi connectivity index (χ4n) is 2.85. The van der Waals surface area contributed by atoms with Crippen LogP contribution in [0.4, 0.5) is 10.8 Å². The van der Waals surface area contributed by atoms with Gasteiger partial charge >= 0.3 is 0 Å². The summed E-state index contributed by atoms with van der Waals surface area (Å²) in [5.74, 6) is 0.978. The Hall–Kier alpha value is -1.79. The Morgan fingerprint density at radius 2 is 1.95 bits per heavy atom. The van der Waals surface area contributed by atoms with Crippen LogP contribution in [0.2, 0.25) is 0 Å². The lowest BCUT2D eigenvalue weighted by molar-refractivity contribution is 0.122.